The Bertz CT molecular complexity index is 425. The van der Waals surface area contributed by atoms with Crippen LogP contribution in [0, 0.1) is 0 Å². The highest BCUT2D eigenvalue weighted by molar-refractivity contribution is 7.79. The molecule has 0 aliphatic rings. The van der Waals surface area contributed by atoms with E-state index in [1.54, 1.807) is 24.3 Å². The number of anilines is 1. The van der Waals surface area contributed by atoms with Gasteiger partial charge in [0, 0.05) is 6.54 Å². The summed E-state index contributed by atoms with van der Waals surface area (Å²) in [7, 11) is -4.67. The van der Waals surface area contributed by atoms with Crippen LogP contribution >= 0.6 is 0 Å². The Morgan fingerprint density at radius 3 is 2.06 bits per heavy atom. The molecule has 0 amide bonds. The van der Waals surface area contributed by atoms with E-state index in [0.29, 0.717) is 12.3 Å². The summed E-state index contributed by atoms with van der Waals surface area (Å²) in [4.78, 5) is 0. The van der Waals surface area contributed by atoms with Gasteiger partial charge in [-0.05, 0) is 31.2 Å². The first kappa shape index (κ1) is 16.6. The highest BCUT2D eigenvalue weighted by Gasteiger charge is 1.99. The molecule has 104 valence electrons. The lowest BCUT2D eigenvalue weighted by Gasteiger charge is -2.14. The van der Waals surface area contributed by atoms with Crippen molar-refractivity contribution in [1.29, 1.82) is 0 Å². The number of hydrogen-bond donors (Lipinski definition) is 4. The maximum absolute atomic E-state index is 9.32. The number of rotatable bonds is 4. The van der Waals surface area contributed by atoms with Gasteiger partial charge in [0.2, 0.25) is 0 Å². The van der Waals surface area contributed by atoms with Crippen LogP contribution in [-0.2, 0) is 10.4 Å². The molecule has 0 heterocycles. The lowest BCUT2D eigenvalue weighted by molar-refractivity contribution is 0.260. The quantitative estimate of drug-likeness (QED) is 0.357. The summed E-state index contributed by atoms with van der Waals surface area (Å²) in [5, 5.41) is 10.5. The van der Waals surface area contributed by atoms with Crippen LogP contribution in [0.4, 0.5) is 5.69 Å². The molecule has 1 aromatic rings. The Labute approximate surface area is 105 Å². The molecule has 0 unspecified atom stereocenters. The number of hydrogen-bond acceptors (Lipinski definition) is 6. The van der Waals surface area contributed by atoms with Gasteiger partial charge in [0.1, 0.15) is 12.5 Å². The van der Waals surface area contributed by atoms with Crippen molar-refractivity contribution in [2.24, 2.45) is 5.73 Å². The van der Waals surface area contributed by atoms with Crippen LogP contribution in [0.5, 0.6) is 5.75 Å². The van der Waals surface area contributed by atoms with Gasteiger partial charge in [-0.25, -0.2) is 0 Å². The smallest absolute Gasteiger partial charge is 0.394 e. The van der Waals surface area contributed by atoms with Crippen LogP contribution in [-0.4, -0.2) is 36.0 Å². The molecule has 9 heteroatoms. The molecule has 0 aromatic heterocycles. The van der Waals surface area contributed by atoms with Gasteiger partial charge in [-0.2, -0.15) is 8.42 Å². The third-order valence-corrected chi connectivity index (χ3v) is 1.68. The van der Waals surface area contributed by atoms with Gasteiger partial charge >= 0.3 is 10.4 Å². The molecule has 0 radical (unpaired) electrons. The Morgan fingerprint density at radius 2 is 1.72 bits per heavy atom. The monoisotopic (exact) mass is 280 g/mol. The van der Waals surface area contributed by atoms with E-state index in [1.165, 1.54) is 0 Å². The lowest BCUT2D eigenvalue weighted by Crippen LogP contribution is -2.16. The Hall–Kier alpha value is -1.39. The van der Waals surface area contributed by atoms with Gasteiger partial charge in [0.05, 0.1) is 5.69 Å². The predicted molar refractivity (Wildman–Crippen MR) is 65.1 cm³/mol. The van der Waals surface area contributed by atoms with Gasteiger partial charge in [-0.3, -0.25) is 25.1 Å². The molecule has 1 rings (SSSR count). The molecule has 0 aliphatic heterocycles. The van der Waals surface area contributed by atoms with E-state index in [-0.39, 0.29) is 6.73 Å². The van der Waals surface area contributed by atoms with E-state index >= 15 is 0 Å². The average molecular weight is 280 g/mol. The Morgan fingerprint density at radius 1 is 1.28 bits per heavy atom. The van der Waals surface area contributed by atoms with Crippen LogP contribution in [0.25, 0.3) is 0 Å². The highest BCUT2D eigenvalue weighted by Crippen LogP contribution is 2.17. The van der Waals surface area contributed by atoms with E-state index in [0.717, 1.165) is 10.8 Å². The summed E-state index contributed by atoms with van der Waals surface area (Å²) >= 11 is 0. The van der Waals surface area contributed by atoms with Crippen molar-refractivity contribution < 1.29 is 27.5 Å². The third-order valence-electron chi connectivity index (χ3n) is 1.68. The van der Waals surface area contributed by atoms with Gasteiger partial charge < -0.3 is 4.74 Å². The minimum atomic E-state index is -4.67. The molecule has 5 N–H and O–H groups in total. The minimum Gasteiger partial charge on any atom is -0.479 e. The number of ether oxygens (including phenoxy) is 1. The van der Waals surface area contributed by atoms with E-state index in [9.17, 15) is 5.21 Å². The standard InChI is InChI=1S/C9H14N2O2.H2O4S/c1-2-11(12)8-3-5-9(6-4-8)13-7-10;1-5(2,3)4/h3-6,12H,2,7,10H2,1H3;(H2,1,2,3,4). The average Bonchev–Trinajstić information content (AvgIpc) is 2.27. The van der Waals surface area contributed by atoms with Crippen LogP contribution in [0.1, 0.15) is 6.92 Å². The molecule has 0 fully saturated rings. The van der Waals surface area contributed by atoms with Gasteiger partial charge in [-0.1, -0.05) is 0 Å². The van der Waals surface area contributed by atoms with Crippen LogP contribution in [0.3, 0.4) is 0 Å². The topological polar surface area (TPSA) is 133 Å². The first-order valence-electron chi connectivity index (χ1n) is 4.87. The molecule has 0 bridgehead atoms. The normalized spacial score (nSPS) is 10.3. The fourth-order valence-electron chi connectivity index (χ4n) is 0.993. The first-order chi connectivity index (χ1) is 8.27. The summed E-state index contributed by atoms with van der Waals surface area (Å²) < 4.78 is 36.6. The van der Waals surface area contributed by atoms with E-state index < -0.39 is 10.4 Å². The summed E-state index contributed by atoms with van der Waals surface area (Å²) in [5.41, 5.74) is 5.95. The molecule has 0 aliphatic carbocycles. The predicted octanol–water partition coefficient (Wildman–Crippen LogP) is 0.544. The molecule has 8 nitrogen and oxygen atoms in total. The zero-order valence-electron chi connectivity index (χ0n) is 9.72. The summed E-state index contributed by atoms with van der Waals surface area (Å²) in [6, 6.07) is 7.07. The molecule has 1 aromatic carbocycles. The summed E-state index contributed by atoms with van der Waals surface area (Å²) in [6.45, 7) is 2.58. The second-order valence-corrected chi connectivity index (χ2v) is 3.86. The molecule has 18 heavy (non-hydrogen) atoms. The number of nitrogens with zero attached hydrogens (tertiary/aromatic N) is 1. The number of hydroxylamine groups is 1. The second kappa shape index (κ2) is 7.84. The molecule has 0 atom stereocenters. The fourth-order valence-corrected chi connectivity index (χ4v) is 0.993. The van der Waals surface area contributed by atoms with Crippen molar-refractivity contribution in [3.8, 4) is 5.75 Å². The Balaban J connectivity index is 0.000000494. The fraction of sp³-hybridized carbons (Fsp3) is 0.333. The van der Waals surface area contributed by atoms with Gasteiger partial charge in [-0.15, -0.1) is 0 Å². The highest BCUT2D eigenvalue weighted by atomic mass is 32.3. The number of nitrogens with two attached hydrogens (primary N) is 1. The van der Waals surface area contributed by atoms with Crippen molar-refractivity contribution in [3.05, 3.63) is 24.3 Å². The largest absolute Gasteiger partial charge is 0.479 e. The summed E-state index contributed by atoms with van der Waals surface area (Å²) in [6.07, 6.45) is 0. The van der Waals surface area contributed by atoms with Crippen LogP contribution < -0.4 is 15.5 Å². The van der Waals surface area contributed by atoms with Crippen molar-refractivity contribution >= 4 is 16.1 Å². The van der Waals surface area contributed by atoms with Crippen LogP contribution in [0.15, 0.2) is 24.3 Å². The maximum atomic E-state index is 9.32. The van der Waals surface area contributed by atoms with Crippen molar-refractivity contribution in [2.75, 3.05) is 18.3 Å². The summed E-state index contributed by atoms with van der Waals surface area (Å²) in [5.74, 6) is 0.704. The lowest BCUT2D eigenvalue weighted by atomic mass is 10.3. The third kappa shape index (κ3) is 8.73. The maximum Gasteiger partial charge on any atom is 0.394 e. The Kier molecular flexibility index (Phi) is 7.24. The molecule has 0 saturated carbocycles. The molecule has 0 spiro atoms. The second-order valence-electron chi connectivity index (χ2n) is 2.97. The molecule has 0 saturated heterocycles. The van der Waals surface area contributed by atoms with Gasteiger partial charge in [0.15, 0.2) is 0 Å². The molecular weight excluding hydrogens is 264 g/mol. The van der Waals surface area contributed by atoms with Crippen molar-refractivity contribution in [1.82, 2.24) is 0 Å². The van der Waals surface area contributed by atoms with Crippen LogP contribution in [0.2, 0.25) is 0 Å². The number of benzene rings is 1. The van der Waals surface area contributed by atoms with E-state index in [4.69, 9.17) is 28.0 Å². The molecular formula is C9H16N2O6S. The van der Waals surface area contributed by atoms with Crippen molar-refractivity contribution in [2.45, 2.75) is 6.92 Å². The van der Waals surface area contributed by atoms with Gasteiger partial charge in [0.25, 0.3) is 0 Å². The van der Waals surface area contributed by atoms with E-state index in [1.807, 2.05) is 6.92 Å². The van der Waals surface area contributed by atoms with E-state index in [2.05, 4.69) is 0 Å². The minimum absolute atomic E-state index is 0.163. The SMILES string of the molecule is CCN(O)c1ccc(OCN)cc1.O=S(=O)(O)O. The van der Waals surface area contributed by atoms with Crippen molar-refractivity contribution in [3.63, 3.8) is 0 Å². The zero-order chi connectivity index (χ0) is 14.2. The first-order valence-corrected chi connectivity index (χ1v) is 6.26. The zero-order valence-corrected chi connectivity index (χ0v) is 10.5.